The summed E-state index contributed by atoms with van der Waals surface area (Å²) in [6.45, 7) is 3.11. The molecule has 1 N–H and O–H groups in total. The van der Waals surface area contributed by atoms with Crippen molar-refractivity contribution in [1.82, 2.24) is 0 Å². The molecule has 3 aromatic carbocycles. The van der Waals surface area contributed by atoms with Crippen molar-refractivity contribution in [1.29, 1.82) is 0 Å². The molecule has 31 heavy (non-hydrogen) atoms. The second-order valence-corrected chi connectivity index (χ2v) is 8.08. The fraction of sp³-hybridized carbons (Fsp3) is 0.148. The molecule has 156 valence electrons. The van der Waals surface area contributed by atoms with Gasteiger partial charge in [-0.05, 0) is 69.7 Å². The summed E-state index contributed by atoms with van der Waals surface area (Å²) in [4.78, 5) is 11.4. The quantitative estimate of drug-likeness (QED) is 0.445. The average Bonchev–Trinajstić information content (AvgIpc) is 3.00. The average molecular weight is 431 g/mol. The van der Waals surface area contributed by atoms with E-state index >= 15 is 0 Å². The first-order valence-electron chi connectivity index (χ1n) is 10.2. The maximum absolute atomic E-state index is 11.4. The number of rotatable bonds is 7. The van der Waals surface area contributed by atoms with Crippen molar-refractivity contribution in [3.8, 4) is 0 Å². The second kappa shape index (κ2) is 9.34. The van der Waals surface area contributed by atoms with E-state index in [0.29, 0.717) is 18.2 Å². The topological polar surface area (TPSA) is 46.5 Å². The van der Waals surface area contributed by atoms with Crippen molar-refractivity contribution in [3.05, 3.63) is 111 Å². The van der Waals surface area contributed by atoms with Gasteiger partial charge in [-0.2, -0.15) is 0 Å². The van der Waals surface area contributed by atoms with E-state index in [9.17, 15) is 9.90 Å². The van der Waals surface area contributed by atoms with E-state index in [1.165, 1.54) is 0 Å². The van der Waals surface area contributed by atoms with Crippen molar-refractivity contribution in [2.24, 2.45) is 0 Å². The number of carboxylic acids is 1. The van der Waals surface area contributed by atoms with Gasteiger partial charge in [-0.1, -0.05) is 72.3 Å². The molecule has 1 aliphatic rings. The Morgan fingerprint density at radius 1 is 0.935 bits per heavy atom. The van der Waals surface area contributed by atoms with Crippen LogP contribution in [0.15, 0.2) is 78.4 Å². The van der Waals surface area contributed by atoms with Crippen LogP contribution in [-0.4, -0.2) is 11.1 Å². The zero-order valence-electron chi connectivity index (χ0n) is 17.3. The van der Waals surface area contributed by atoms with Crippen LogP contribution in [0.3, 0.4) is 0 Å². The van der Waals surface area contributed by atoms with Gasteiger partial charge in [-0.3, -0.25) is 4.79 Å². The predicted molar refractivity (Wildman–Crippen MR) is 126 cm³/mol. The number of hydrogen-bond donors (Lipinski definition) is 1. The van der Waals surface area contributed by atoms with Crippen LogP contribution in [0, 0.1) is 0 Å². The summed E-state index contributed by atoms with van der Waals surface area (Å²) in [5.74, 6) is -0.846. The number of ether oxygens (including phenoxy) is 1. The van der Waals surface area contributed by atoms with E-state index in [1.54, 1.807) is 0 Å². The maximum Gasteiger partial charge on any atom is 0.307 e. The summed E-state index contributed by atoms with van der Waals surface area (Å²) in [6.07, 6.45) is 2.08. The zero-order chi connectivity index (χ0) is 21.8. The van der Waals surface area contributed by atoms with Crippen LogP contribution in [0.1, 0.15) is 41.2 Å². The molecule has 0 amide bonds. The Bertz CT molecular complexity index is 1160. The molecule has 4 heteroatoms. The third-order valence-electron chi connectivity index (χ3n) is 5.45. The van der Waals surface area contributed by atoms with Gasteiger partial charge >= 0.3 is 5.97 Å². The van der Waals surface area contributed by atoms with Crippen LogP contribution in [-0.2, 0) is 22.7 Å². The molecule has 0 atom stereocenters. The normalized spacial score (nSPS) is 14.2. The van der Waals surface area contributed by atoms with Gasteiger partial charge in [-0.25, -0.2) is 0 Å². The van der Waals surface area contributed by atoms with Crippen LogP contribution >= 0.6 is 11.6 Å². The lowest BCUT2D eigenvalue weighted by Crippen LogP contribution is -1.96. The maximum atomic E-state index is 11.4. The Kier molecular flexibility index (Phi) is 6.36. The molecule has 0 saturated heterocycles. The van der Waals surface area contributed by atoms with Gasteiger partial charge in [-0.15, -0.1) is 0 Å². The minimum absolute atomic E-state index is 0.0196. The number of carbonyl (C=O) groups is 1. The lowest BCUT2D eigenvalue weighted by atomic mass is 10.0. The Morgan fingerprint density at radius 2 is 1.61 bits per heavy atom. The first-order valence-corrected chi connectivity index (χ1v) is 10.5. The number of hydrogen-bond acceptors (Lipinski definition) is 2. The van der Waals surface area contributed by atoms with Gasteiger partial charge in [0.2, 0.25) is 0 Å². The van der Waals surface area contributed by atoms with Crippen molar-refractivity contribution in [2.75, 3.05) is 0 Å². The van der Waals surface area contributed by atoms with Gasteiger partial charge in [0.15, 0.2) is 0 Å². The molecule has 0 bridgehead atoms. The van der Waals surface area contributed by atoms with Gasteiger partial charge in [0.1, 0.15) is 0 Å². The Hall–Kier alpha value is -3.14. The predicted octanol–water partition coefficient (Wildman–Crippen LogP) is 6.86. The minimum atomic E-state index is -0.846. The number of carboxylic acid groups (broad SMARTS) is 1. The molecule has 4 rings (SSSR count). The standard InChI is InChI=1S/C27H23ClO3/c1-18-24(23-12-11-22(28)14-26(23)25(18)15-27(29)30)13-19-7-9-21(10-8-19)17-31-16-20-5-3-2-4-6-20/h2-14H,15-17H2,1H3,(H,29,30)/b24-13-. The molecule has 3 nitrogen and oxygen atoms in total. The number of allylic oxidation sites excluding steroid dienone is 2. The fourth-order valence-electron chi connectivity index (χ4n) is 3.87. The van der Waals surface area contributed by atoms with Crippen LogP contribution < -0.4 is 0 Å². The molecule has 0 fully saturated rings. The zero-order valence-corrected chi connectivity index (χ0v) is 18.0. The molecular weight excluding hydrogens is 408 g/mol. The molecule has 0 heterocycles. The van der Waals surface area contributed by atoms with Crippen LogP contribution in [0.4, 0.5) is 0 Å². The summed E-state index contributed by atoms with van der Waals surface area (Å²) < 4.78 is 5.81. The Labute approximate surface area is 187 Å². The fourth-order valence-corrected chi connectivity index (χ4v) is 4.04. The first kappa shape index (κ1) is 21.1. The summed E-state index contributed by atoms with van der Waals surface area (Å²) in [5.41, 5.74) is 8.09. The largest absolute Gasteiger partial charge is 0.481 e. The Morgan fingerprint density at radius 3 is 2.29 bits per heavy atom. The molecule has 1 aliphatic carbocycles. The third kappa shape index (κ3) is 4.96. The summed E-state index contributed by atoms with van der Waals surface area (Å²) >= 11 is 6.18. The van der Waals surface area contributed by atoms with E-state index in [4.69, 9.17) is 16.3 Å². The lowest BCUT2D eigenvalue weighted by Gasteiger charge is -2.07. The summed E-state index contributed by atoms with van der Waals surface area (Å²) in [6, 6.07) is 24.0. The molecule has 0 radical (unpaired) electrons. The SMILES string of the molecule is CC1=C(CC(=O)O)c2cc(Cl)ccc2/C1=C\c1ccc(COCc2ccccc2)cc1. The van der Waals surface area contributed by atoms with E-state index in [2.05, 4.69) is 42.5 Å². The van der Waals surface area contributed by atoms with Crippen molar-refractivity contribution < 1.29 is 14.6 Å². The molecule has 0 aliphatic heterocycles. The number of fused-ring (bicyclic) bond motifs is 1. The van der Waals surface area contributed by atoms with Crippen LogP contribution in [0.5, 0.6) is 0 Å². The smallest absolute Gasteiger partial charge is 0.307 e. The van der Waals surface area contributed by atoms with Gasteiger partial charge in [0, 0.05) is 5.02 Å². The minimum Gasteiger partial charge on any atom is -0.481 e. The van der Waals surface area contributed by atoms with Crippen molar-refractivity contribution in [3.63, 3.8) is 0 Å². The number of aliphatic carboxylic acids is 1. The highest BCUT2D eigenvalue weighted by Gasteiger charge is 2.25. The van der Waals surface area contributed by atoms with Crippen LogP contribution in [0.25, 0.3) is 17.2 Å². The van der Waals surface area contributed by atoms with E-state index in [1.807, 2.05) is 43.3 Å². The number of halogens is 1. The molecular formula is C27H23ClO3. The van der Waals surface area contributed by atoms with Crippen molar-refractivity contribution >= 4 is 34.8 Å². The van der Waals surface area contributed by atoms with Crippen molar-refractivity contribution in [2.45, 2.75) is 26.6 Å². The van der Waals surface area contributed by atoms with Gasteiger partial charge < -0.3 is 9.84 Å². The third-order valence-corrected chi connectivity index (χ3v) is 5.69. The molecule has 0 aromatic heterocycles. The first-order chi connectivity index (χ1) is 15.0. The highest BCUT2D eigenvalue weighted by atomic mass is 35.5. The molecule has 0 spiro atoms. The summed E-state index contributed by atoms with van der Waals surface area (Å²) in [5, 5.41) is 9.95. The Balaban J connectivity index is 1.52. The van der Waals surface area contributed by atoms with Gasteiger partial charge in [0.05, 0.1) is 19.6 Å². The monoisotopic (exact) mass is 430 g/mol. The number of benzene rings is 3. The molecule has 3 aromatic rings. The van der Waals surface area contributed by atoms with Crippen LogP contribution in [0.2, 0.25) is 5.02 Å². The van der Waals surface area contributed by atoms with Gasteiger partial charge in [0.25, 0.3) is 0 Å². The highest BCUT2D eigenvalue weighted by Crippen LogP contribution is 2.44. The van der Waals surface area contributed by atoms with E-state index in [-0.39, 0.29) is 6.42 Å². The summed E-state index contributed by atoms with van der Waals surface area (Å²) in [7, 11) is 0. The second-order valence-electron chi connectivity index (χ2n) is 7.64. The lowest BCUT2D eigenvalue weighted by molar-refractivity contribution is -0.135. The molecule has 0 saturated carbocycles. The highest BCUT2D eigenvalue weighted by molar-refractivity contribution is 6.31. The van der Waals surface area contributed by atoms with E-state index in [0.717, 1.165) is 44.5 Å². The molecule has 0 unspecified atom stereocenters. The van der Waals surface area contributed by atoms with E-state index < -0.39 is 5.97 Å².